The summed E-state index contributed by atoms with van der Waals surface area (Å²) in [5.74, 6) is -3.04. The molecule has 0 atom stereocenters. The normalized spacial score (nSPS) is 14.8. The fourth-order valence-electron chi connectivity index (χ4n) is 2.26. The fraction of sp³-hybridized carbons (Fsp3) is 0.0714. The number of halogens is 3. The molecule has 0 unspecified atom stereocenters. The van der Waals surface area contributed by atoms with Gasteiger partial charge >= 0.3 is 0 Å². The summed E-state index contributed by atoms with van der Waals surface area (Å²) in [4.78, 5) is 0. The average Bonchev–Trinajstić information content (AvgIpc) is 2.58. The van der Waals surface area contributed by atoms with Crippen LogP contribution in [0.4, 0.5) is 8.78 Å². The molecular weight excluding hydrogens is 300 g/mol. The number of nitrogens with zero attached hydrogens (tertiary/aromatic N) is 1. The number of fused-ring (bicyclic) bond motifs is 3. The van der Waals surface area contributed by atoms with Gasteiger partial charge < -0.3 is 0 Å². The molecule has 0 saturated carbocycles. The molecule has 0 amide bonds. The summed E-state index contributed by atoms with van der Waals surface area (Å²) in [5, 5.41) is 8.80. The number of alkyl halides is 2. The van der Waals surface area contributed by atoms with Gasteiger partial charge in [0, 0.05) is 15.6 Å². The summed E-state index contributed by atoms with van der Waals surface area (Å²) in [6.07, 6.45) is 0. The van der Waals surface area contributed by atoms with Crippen molar-refractivity contribution in [1.29, 1.82) is 5.26 Å². The maximum atomic E-state index is 14.3. The van der Waals surface area contributed by atoms with Crippen LogP contribution in [0.2, 0.25) is 0 Å². The van der Waals surface area contributed by atoms with Crippen molar-refractivity contribution in [3.63, 3.8) is 0 Å². The van der Waals surface area contributed by atoms with Gasteiger partial charge in [-0.2, -0.15) is 14.0 Å². The van der Waals surface area contributed by atoms with Crippen LogP contribution in [-0.2, 0) is 5.92 Å². The van der Waals surface area contributed by atoms with Crippen molar-refractivity contribution in [3.8, 4) is 17.2 Å². The number of hydrogen-bond acceptors (Lipinski definition) is 1. The van der Waals surface area contributed by atoms with Crippen molar-refractivity contribution in [2.24, 2.45) is 0 Å². The molecule has 0 spiro atoms. The first-order valence-corrected chi connectivity index (χ1v) is 6.06. The molecule has 0 aliphatic heterocycles. The Bertz CT molecular complexity index is 701. The van der Waals surface area contributed by atoms with E-state index >= 15 is 0 Å². The van der Waals surface area contributed by atoms with E-state index in [0.717, 1.165) is 0 Å². The summed E-state index contributed by atoms with van der Waals surface area (Å²) in [6, 6.07) is 11.1. The van der Waals surface area contributed by atoms with Gasteiger partial charge in [-0.3, -0.25) is 0 Å². The van der Waals surface area contributed by atoms with E-state index in [-0.39, 0.29) is 16.7 Å². The van der Waals surface area contributed by atoms with E-state index in [4.69, 9.17) is 5.26 Å². The van der Waals surface area contributed by atoms with Crippen molar-refractivity contribution < 1.29 is 8.78 Å². The van der Waals surface area contributed by atoms with E-state index in [1.54, 1.807) is 24.3 Å². The van der Waals surface area contributed by atoms with Gasteiger partial charge in [0.25, 0.3) is 5.92 Å². The lowest BCUT2D eigenvalue weighted by Gasteiger charge is -2.12. The van der Waals surface area contributed by atoms with E-state index in [1.807, 2.05) is 6.07 Å². The monoisotopic (exact) mass is 305 g/mol. The van der Waals surface area contributed by atoms with E-state index in [9.17, 15) is 8.78 Å². The topological polar surface area (TPSA) is 23.8 Å². The van der Waals surface area contributed by atoms with Crippen molar-refractivity contribution in [1.82, 2.24) is 0 Å². The Morgan fingerprint density at radius 3 is 2.28 bits per heavy atom. The first-order chi connectivity index (χ1) is 8.54. The van der Waals surface area contributed by atoms with Gasteiger partial charge in [-0.25, -0.2) is 0 Å². The highest BCUT2D eigenvalue weighted by atomic mass is 79.9. The highest BCUT2D eigenvalue weighted by Gasteiger charge is 2.44. The van der Waals surface area contributed by atoms with Gasteiger partial charge in [-0.15, -0.1) is 0 Å². The molecule has 3 rings (SSSR count). The SMILES string of the molecule is N#Cc1ccc2c(c1)C(F)(F)c1cc(Br)ccc1-2. The maximum absolute atomic E-state index is 14.3. The fourth-order valence-corrected chi connectivity index (χ4v) is 2.63. The molecule has 0 bridgehead atoms. The minimum atomic E-state index is -3.04. The smallest absolute Gasteiger partial charge is 0.196 e. The first-order valence-electron chi connectivity index (χ1n) is 5.27. The third kappa shape index (κ3) is 1.41. The zero-order valence-electron chi connectivity index (χ0n) is 9.05. The summed E-state index contributed by atoms with van der Waals surface area (Å²) in [5.41, 5.74) is 1.18. The molecule has 1 nitrogen and oxygen atoms in total. The number of benzene rings is 2. The minimum Gasteiger partial charge on any atom is -0.196 e. The summed E-state index contributed by atoms with van der Waals surface area (Å²) >= 11 is 3.20. The van der Waals surface area contributed by atoms with Crippen molar-refractivity contribution in [3.05, 3.63) is 57.6 Å². The Morgan fingerprint density at radius 1 is 1.00 bits per heavy atom. The summed E-state index contributed by atoms with van der Waals surface area (Å²) in [7, 11) is 0. The van der Waals surface area contributed by atoms with Gasteiger partial charge in [0.1, 0.15) is 0 Å². The van der Waals surface area contributed by atoms with Gasteiger partial charge in [-0.05, 0) is 35.4 Å². The zero-order valence-corrected chi connectivity index (χ0v) is 10.6. The van der Waals surface area contributed by atoms with Crippen molar-refractivity contribution in [2.45, 2.75) is 5.92 Å². The second-order valence-electron chi connectivity index (χ2n) is 4.14. The Labute approximate surface area is 111 Å². The molecule has 1 aliphatic carbocycles. The Kier molecular flexibility index (Phi) is 2.29. The molecule has 0 heterocycles. The molecule has 2 aromatic carbocycles. The van der Waals surface area contributed by atoms with Crippen LogP contribution >= 0.6 is 15.9 Å². The zero-order chi connectivity index (χ0) is 12.9. The number of hydrogen-bond donors (Lipinski definition) is 0. The predicted molar refractivity (Wildman–Crippen MR) is 67.3 cm³/mol. The van der Waals surface area contributed by atoms with Gasteiger partial charge in [0.05, 0.1) is 11.6 Å². The van der Waals surface area contributed by atoms with Crippen LogP contribution in [-0.4, -0.2) is 0 Å². The Morgan fingerprint density at radius 2 is 1.61 bits per heavy atom. The second kappa shape index (κ2) is 3.63. The number of rotatable bonds is 0. The van der Waals surface area contributed by atoms with Crippen LogP contribution in [0.5, 0.6) is 0 Å². The van der Waals surface area contributed by atoms with E-state index in [2.05, 4.69) is 15.9 Å². The molecule has 88 valence electrons. The van der Waals surface area contributed by atoms with Crippen LogP contribution in [0.1, 0.15) is 16.7 Å². The third-order valence-electron chi connectivity index (χ3n) is 3.10. The molecule has 1 aliphatic rings. The minimum absolute atomic E-state index is 0.0121. The average molecular weight is 306 g/mol. The summed E-state index contributed by atoms with van der Waals surface area (Å²) in [6.45, 7) is 0. The third-order valence-corrected chi connectivity index (χ3v) is 3.59. The van der Waals surface area contributed by atoms with Crippen LogP contribution in [0.15, 0.2) is 40.9 Å². The first kappa shape index (κ1) is 11.4. The molecule has 2 aromatic rings. The molecule has 4 heteroatoms. The van der Waals surface area contributed by atoms with Crippen LogP contribution in [0, 0.1) is 11.3 Å². The van der Waals surface area contributed by atoms with E-state index in [1.165, 1.54) is 12.1 Å². The van der Waals surface area contributed by atoms with Crippen LogP contribution < -0.4 is 0 Å². The largest absolute Gasteiger partial charge is 0.299 e. The van der Waals surface area contributed by atoms with E-state index in [0.29, 0.717) is 15.6 Å². The maximum Gasteiger partial charge on any atom is 0.299 e. The lowest BCUT2D eigenvalue weighted by atomic mass is 10.0. The van der Waals surface area contributed by atoms with Crippen LogP contribution in [0.25, 0.3) is 11.1 Å². The van der Waals surface area contributed by atoms with Gasteiger partial charge in [-0.1, -0.05) is 28.1 Å². The molecule has 0 fully saturated rings. The molecule has 0 radical (unpaired) electrons. The molecule has 0 aromatic heterocycles. The Balaban J connectivity index is 2.35. The quantitative estimate of drug-likeness (QED) is 0.706. The van der Waals surface area contributed by atoms with Crippen LogP contribution in [0.3, 0.4) is 0 Å². The molecule has 0 N–H and O–H groups in total. The van der Waals surface area contributed by atoms with Gasteiger partial charge in [0.15, 0.2) is 0 Å². The molecular formula is C14H6BrF2N. The number of nitriles is 1. The highest BCUT2D eigenvalue weighted by Crippen LogP contribution is 2.51. The van der Waals surface area contributed by atoms with E-state index < -0.39 is 5.92 Å². The molecule has 0 saturated heterocycles. The predicted octanol–water partition coefficient (Wildman–Crippen LogP) is 4.44. The highest BCUT2D eigenvalue weighted by molar-refractivity contribution is 9.10. The van der Waals surface area contributed by atoms with Crippen molar-refractivity contribution >= 4 is 15.9 Å². The lowest BCUT2D eigenvalue weighted by Crippen LogP contribution is -2.11. The molecule has 18 heavy (non-hydrogen) atoms. The Hall–Kier alpha value is -1.73. The lowest BCUT2D eigenvalue weighted by molar-refractivity contribution is 0.0479. The summed E-state index contributed by atoms with van der Waals surface area (Å²) < 4.78 is 29.2. The second-order valence-corrected chi connectivity index (χ2v) is 5.05. The standard InChI is InChI=1S/C14H6BrF2N/c15-9-2-4-11-10-3-1-8(7-18)5-12(10)14(16,17)13(11)6-9/h1-6H. The van der Waals surface area contributed by atoms with Crippen molar-refractivity contribution in [2.75, 3.05) is 0 Å². The van der Waals surface area contributed by atoms with Gasteiger partial charge in [0.2, 0.25) is 0 Å².